The van der Waals surface area contributed by atoms with Crippen LogP contribution in [0.4, 0.5) is 0 Å². The van der Waals surface area contributed by atoms with Gasteiger partial charge in [0, 0.05) is 19.7 Å². The Kier molecular flexibility index (Phi) is 6.12. The number of aromatic carboxylic acids is 1. The number of sulfonamides is 1. The summed E-state index contributed by atoms with van der Waals surface area (Å²) in [6.45, 7) is 2.31. The minimum Gasteiger partial charge on any atom is -0.478 e. The minimum atomic E-state index is -3.46. The lowest BCUT2D eigenvalue weighted by Gasteiger charge is -2.20. The Morgan fingerprint density at radius 2 is 1.85 bits per heavy atom. The summed E-state index contributed by atoms with van der Waals surface area (Å²) in [6.07, 6.45) is 0.394. The van der Waals surface area contributed by atoms with Crippen LogP contribution in [0.3, 0.4) is 0 Å². The molecule has 0 amide bonds. The van der Waals surface area contributed by atoms with E-state index in [1.807, 2.05) is 0 Å². The van der Waals surface area contributed by atoms with Crippen molar-refractivity contribution in [1.82, 2.24) is 4.31 Å². The number of carboxylic acid groups (broad SMARTS) is 1. The monoisotopic (exact) mass is 301 g/mol. The highest BCUT2D eigenvalue weighted by Gasteiger charge is 2.20. The molecule has 0 spiro atoms. The summed E-state index contributed by atoms with van der Waals surface area (Å²) in [7, 11) is -3.46. The van der Waals surface area contributed by atoms with Crippen molar-refractivity contribution in [2.24, 2.45) is 0 Å². The Bertz CT molecular complexity index is 538. The van der Waals surface area contributed by atoms with Crippen LogP contribution in [-0.2, 0) is 15.8 Å². The molecule has 0 aliphatic rings. The molecule has 0 aliphatic carbocycles. The quantitative estimate of drug-likeness (QED) is 0.744. The summed E-state index contributed by atoms with van der Waals surface area (Å²) in [5.41, 5.74) is 0.663. The standard InChI is InChI=1S/C13H19NO5S/c1-2-14(8-3-9-15)20(18,19)10-11-4-6-12(7-5-11)13(16)17/h4-7,15H,2-3,8-10H2,1H3,(H,16,17). The van der Waals surface area contributed by atoms with Crippen LogP contribution < -0.4 is 0 Å². The average molecular weight is 301 g/mol. The number of rotatable bonds is 8. The molecule has 0 radical (unpaired) electrons. The Hall–Kier alpha value is -1.44. The van der Waals surface area contributed by atoms with Crippen molar-refractivity contribution in [3.05, 3.63) is 35.4 Å². The van der Waals surface area contributed by atoms with E-state index in [0.717, 1.165) is 0 Å². The molecule has 0 fully saturated rings. The Balaban J connectivity index is 2.81. The van der Waals surface area contributed by atoms with Gasteiger partial charge in [-0.2, -0.15) is 0 Å². The van der Waals surface area contributed by atoms with E-state index in [-0.39, 0.29) is 24.5 Å². The van der Waals surface area contributed by atoms with Gasteiger partial charge in [0.2, 0.25) is 10.0 Å². The third kappa shape index (κ3) is 4.59. The molecular weight excluding hydrogens is 282 g/mol. The lowest BCUT2D eigenvalue weighted by molar-refractivity contribution is 0.0697. The Morgan fingerprint density at radius 1 is 1.25 bits per heavy atom. The first-order chi connectivity index (χ1) is 9.40. The van der Waals surface area contributed by atoms with Crippen molar-refractivity contribution in [3.8, 4) is 0 Å². The zero-order valence-electron chi connectivity index (χ0n) is 11.3. The fourth-order valence-corrected chi connectivity index (χ4v) is 3.38. The molecule has 1 aromatic rings. The maximum atomic E-state index is 12.2. The smallest absolute Gasteiger partial charge is 0.335 e. The van der Waals surface area contributed by atoms with E-state index >= 15 is 0 Å². The summed E-state index contributed by atoms with van der Waals surface area (Å²) in [4.78, 5) is 10.7. The van der Waals surface area contributed by atoms with Crippen LogP contribution in [0, 0.1) is 0 Å². The maximum Gasteiger partial charge on any atom is 0.335 e. The Labute approximate surface area is 118 Å². The number of carboxylic acids is 1. The molecule has 0 unspecified atom stereocenters. The van der Waals surface area contributed by atoms with E-state index in [9.17, 15) is 13.2 Å². The van der Waals surface area contributed by atoms with Crippen LogP contribution >= 0.6 is 0 Å². The van der Waals surface area contributed by atoms with Crippen LogP contribution in [0.2, 0.25) is 0 Å². The zero-order chi connectivity index (χ0) is 15.2. The van der Waals surface area contributed by atoms with E-state index in [0.29, 0.717) is 18.5 Å². The topological polar surface area (TPSA) is 94.9 Å². The predicted molar refractivity (Wildman–Crippen MR) is 75.0 cm³/mol. The number of benzene rings is 1. The number of nitrogens with zero attached hydrogens (tertiary/aromatic N) is 1. The summed E-state index contributed by atoms with van der Waals surface area (Å²) in [6, 6.07) is 5.77. The fraction of sp³-hybridized carbons (Fsp3) is 0.462. The van der Waals surface area contributed by atoms with E-state index in [2.05, 4.69) is 0 Å². The second-order valence-electron chi connectivity index (χ2n) is 4.33. The van der Waals surface area contributed by atoms with Gasteiger partial charge >= 0.3 is 5.97 Å². The van der Waals surface area contributed by atoms with Crippen LogP contribution in [0.15, 0.2) is 24.3 Å². The molecule has 2 N–H and O–H groups in total. The molecular formula is C13H19NO5S. The van der Waals surface area contributed by atoms with Gasteiger partial charge in [-0.15, -0.1) is 0 Å². The van der Waals surface area contributed by atoms with Gasteiger partial charge in [0.05, 0.1) is 11.3 Å². The molecule has 6 nitrogen and oxygen atoms in total. The second-order valence-corrected chi connectivity index (χ2v) is 6.30. The molecule has 0 atom stereocenters. The third-order valence-electron chi connectivity index (χ3n) is 2.86. The van der Waals surface area contributed by atoms with E-state index in [1.165, 1.54) is 28.6 Å². The van der Waals surface area contributed by atoms with Crippen LogP contribution in [0.1, 0.15) is 29.3 Å². The summed E-state index contributed by atoms with van der Waals surface area (Å²) in [5, 5.41) is 17.6. The molecule has 112 valence electrons. The highest BCUT2D eigenvalue weighted by Crippen LogP contribution is 2.12. The van der Waals surface area contributed by atoms with Crippen LogP contribution in [-0.4, -0.2) is 48.6 Å². The SMILES string of the molecule is CCN(CCCO)S(=O)(=O)Cc1ccc(C(=O)O)cc1. The third-order valence-corrected chi connectivity index (χ3v) is 4.79. The van der Waals surface area contributed by atoms with Gasteiger partial charge in [0.1, 0.15) is 0 Å². The lowest BCUT2D eigenvalue weighted by Crippen LogP contribution is -2.33. The van der Waals surface area contributed by atoms with E-state index in [4.69, 9.17) is 10.2 Å². The summed E-state index contributed by atoms with van der Waals surface area (Å²) < 4.78 is 25.7. The average Bonchev–Trinajstić information content (AvgIpc) is 2.39. The molecule has 0 saturated heterocycles. The first-order valence-corrected chi connectivity index (χ1v) is 7.92. The summed E-state index contributed by atoms with van der Waals surface area (Å²) >= 11 is 0. The number of aliphatic hydroxyl groups is 1. The van der Waals surface area contributed by atoms with Gasteiger partial charge in [0.25, 0.3) is 0 Å². The van der Waals surface area contributed by atoms with Crippen molar-refractivity contribution in [3.63, 3.8) is 0 Å². The highest BCUT2D eigenvalue weighted by molar-refractivity contribution is 7.88. The van der Waals surface area contributed by atoms with Gasteiger partial charge in [-0.1, -0.05) is 19.1 Å². The largest absolute Gasteiger partial charge is 0.478 e. The summed E-state index contributed by atoms with van der Waals surface area (Å²) in [5.74, 6) is -1.22. The molecule has 1 rings (SSSR count). The van der Waals surface area contributed by atoms with Crippen molar-refractivity contribution in [1.29, 1.82) is 0 Å². The molecule has 0 bridgehead atoms. The van der Waals surface area contributed by atoms with Crippen LogP contribution in [0.25, 0.3) is 0 Å². The normalized spacial score (nSPS) is 11.8. The first kappa shape index (κ1) is 16.6. The molecule has 7 heteroatoms. The van der Waals surface area contributed by atoms with Gasteiger partial charge in [-0.05, 0) is 24.1 Å². The number of aliphatic hydroxyl groups excluding tert-OH is 1. The lowest BCUT2D eigenvalue weighted by atomic mass is 10.1. The molecule has 0 heterocycles. The molecule has 0 saturated carbocycles. The zero-order valence-corrected chi connectivity index (χ0v) is 12.1. The van der Waals surface area contributed by atoms with Crippen LogP contribution in [0.5, 0.6) is 0 Å². The number of carbonyl (C=O) groups is 1. The molecule has 1 aromatic carbocycles. The van der Waals surface area contributed by atoms with Crippen molar-refractivity contribution >= 4 is 16.0 Å². The maximum absolute atomic E-state index is 12.2. The fourth-order valence-electron chi connectivity index (χ4n) is 1.79. The van der Waals surface area contributed by atoms with Crippen molar-refractivity contribution in [2.75, 3.05) is 19.7 Å². The van der Waals surface area contributed by atoms with Gasteiger partial charge < -0.3 is 10.2 Å². The highest BCUT2D eigenvalue weighted by atomic mass is 32.2. The van der Waals surface area contributed by atoms with Crippen molar-refractivity contribution < 1.29 is 23.4 Å². The van der Waals surface area contributed by atoms with Gasteiger partial charge in [-0.3, -0.25) is 0 Å². The first-order valence-electron chi connectivity index (χ1n) is 6.31. The second kappa shape index (κ2) is 7.37. The number of hydrogen-bond donors (Lipinski definition) is 2. The van der Waals surface area contributed by atoms with Gasteiger partial charge in [0.15, 0.2) is 0 Å². The van der Waals surface area contributed by atoms with E-state index in [1.54, 1.807) is 6.92 Å². The molecule has 20 heavy (non-hydrogen) atoms. The predicted octanol–water partition coefficient (Wildman–Crippen LogP) is 0.919. The van der Waals surface area contributed by atoms with Gasteiger partial charge in [-0.25, -0.2) is 17.5 Å². The minimum absolute atomic E-state index is 0.0562. The van der Waals surface area contributed by atoms with Crippen molar-refractivity contribution in [2.45, 2.75) is 19.1 Å². The molecule has 0 aromatic heterocycles. The number of hydrogen-bond acceptors (Lipinski definition) is 4. The molecule has 0 aliphatic heterocycles. The van der Waals surface area contributed by atoms with E-state index < -0.39 is 16.0 Å². The Morgan fingerprint density at radius 3 is 2.30 bits per heavy atom.